The summed E-state index contributed by atoms with van der Waals surface area (Å²) in [5.74, 6) is 0.472. The Kier molecular flexibility index (Phi) is 8.78. The first kappa shape index (κ1) is 25.6. The molecule has 188 valence electrons. The number of benzene rings is 2. The molecule has 1 amide bonds. The number of hydrogen-bond donors (Lipinski definition) is 2. The number of methoxy groups -OCH3 is 1. The van der Waals surface area contributed by atoms with Crippen LogP contribution in [-0.4, -0.2) is 55.6 Å². The minimum absolute atomic E-state index is 0.204. The Hall–Kier alpha value is -2.45. The lowest BCUT2D eigenvalue weighted by Gasteiger charge is -2.33. The summed E-state index contributed by atoms with van der Waals surface area (Å²) in [5, 5.41) is 6.19. The Balaban J connectivity index is 1.35. The maximum absolute atomic E-state index is 14.8. The van der Waals surface area contributed by atoms with Crippen molar-refractivity contribution < 1.29 is 13.9 Å². The van der Waals surface area contributed by atoms with E-state index in [4.69, 9.17) is 4.74 Å². The third-order valence-electron chi connectivity index (χ3n) is 7.00. The van der Waals surface area contributed by atoms with Gasteiger partial charge in [0.05, 0.1) is 13.7 Å². The molecule has 1 saturated heterocycles. The summed E-state index contributed by atoms with van der Waals surface area (Å²) < 4.78 is 21.2. The lowest BCUT2D eigenvalue weighted by Crippen LogP contribution is -2.44. The standard InChI is InChI=1S/C27H34BrFN4O2/c1-18-6-3-4-14-33(18)15-13-21-17-30-27(31-21)32-26(34)23-7-5-8-24(29)22(23)11-9-19-16-20(28)10-12-25(19)35-2/h5,7-8,10,12,16,18,21H,3-4,6,9,11,13-15,17H2,1-2H3,(H2,30,31,32,34). The van der Waals surface area contributed by atoms with E-state index in [2.05, 4.69) is 43.4 Å². The fraction of sp³-hybridized carbons (Fsp3) is 0.481. The number of aryl methyl sites for hydroxylation is 1. The fourth-order valence-corrected chi connectivity index (χ4v) is 5.35. The lowest BCUT2D eigenvalue weighted by molar-refractivity contribution is 0.0974. The number of hydrogen-bond acceptors (Lipinski definition) is 5. The minimum Gasteiger partial charge on any atom is -0.496 e. The highest BCUT2D eigenvalue weighted by molar-refractivity contribution is 9.10. The third-order valence-corrected chi connectivity index (χ3v) is 7.49. The van der Waals surface area contributed by atoms with Crippen molar-refractivity contribution in [1.29, 1.82) is 0 Å². The van der Waals surface area contributed by atoms with Crippen LogP contribution in [0.4, 0.5) is 4.39 Å². The van der Waals surface area contributed by atoms with Crippen molar-refractivity contribution in [3.8, 4) is 5.75 Å². The van der Waals surface area contributed by atoms with Gasteiger partial charge in [0.15, 0.2) is 5.96 Å². The molecular weight excluding hydrogens is 511 g/mol. The summed E-state index contributed by atoms with van der Waals surface area (Å²) in [5.41, 5.74) is 1.67. The van der Waals surface area contributed by atoms with Gasteiger partial charge in [-0.15, -0.1) is 0 Å². The molecule has 2 aromatic rings. The molecule has 2 aromatic carbocycles. The molecule has 0 bridgehead atoms. The Morgan fingerprint density at radius 2 is 2.14 bits per heavy atom. The molecule has 0 spiro atoms. The first-order valence-corrected chi connectivity index (χ1v) is 13.2. The maximum atomic E-state index is 14.8. The Morgan fingerprint density at radius 3 is 2.94 bits per heavy atom. The van der Waals surface area contributed by atoms with E-state index in [9.17, 15) is 9.18 Å². The zero-order valence-corrected chi connectivity index (χ0v) is 22.0. The van der Waals surface area contributed by atoms with E-state index in [0.717, 1.165) is 35.3 Å². The molecule has 2 unspecified atom stereocenters. The van der Waals surface area contributed by atoms with E-state index >= 15 is 0 Å². The predicted octanol–water partition coefficient (Wildman–Crippen LogP) is 4.70. The zero-order chi connectivity index (χ0) is 24.8. The van der Waals surface area contributed by atoms with Crippen molar-refractivity contribution in [2.75, 3.05) is 26.7 Å². The van der Waals surface area contributed by atoms with E-state index in [0.29, 0.717) is 42.5 Å². The van der Waals surface area contributed by atoms with Crippen LogP contribution >= 0.6 is 15.9 Å². The predicted molar refractivity (Wildman–Crippen MR) is 141 cm³/mol. The summed E-state index contributed by atoms with van der Waals surface area (Å²) in [6.07, 6.45) is 5.74. The Bertz CT molecular complexity index is 1080. The molecule has 2 N–H and O–H groups in total. The largest absolute Gasteiger partial charge is 0.496 e. The van der Waals surface area contributed by atoms with Gasteiger partial charge in [-0.3, -0.25) is 15.1 Å². The average Bonchev–Trinajstić information content (AvgIpc) is 3.30. The number of likely N-dealkylation sites (tertiary alicyclic amines) is 1. The van der Waals surface area contributed by atoms with Crippen LogP contribution in [0.15, 0.2) is 45.9 Å². The van der Waals surface area contributed by atoms with Gasteiger partial charge in [-0.25, -0.2) is 4.39 Å². The van der Waals surface area contributed by atoms with Crippen molar-refractivity contribution in [3.05, 3.63) is 63.4 Å². The number of carbonyl (C=O) groups excluding carboxylic acids is 1. The van der Waals surface area contributed by atoms with Crippen molar-refractivity contribution in [3.63, 3.8) is 0 Å². The van der Waals surface area contributed by atoms with Gasteiger partial charge in [0.25, 0.3) is 5.91 Å². The summed E-state index contributed by atoms with van der Waals surface area (Å²) in [7, 11) is 1.62. The van der Waals surface area contributed by atoms with Crippen LogP contribution in [0.5, 0.6) is 5.75 Å². The lowest BCUT2D eigenvalue weighted by atomic mass is 9.98. The van der Waals surface area contributed by atoms with Crippen LogP contribution in [-0.2, 0) is 12.8 Å². The summed E-state index contributed by atoms with van der Waals surface area (Å²) in [6.45, 7) is 5.12. The monoisotopic (exact) mass is 544 g/mol. The molecule has 2 aliphatic rings. The third kappa shape index (κ3) is 6.61. The minimum atomic E-state index is -0.388. The van der Waals surface area contributed by atoms with Gasteiger partial charge in [-0.1, -0.05) is 28.4 Å². The van der Waals surface area contributed by atoms with Gasteiger partial charge >= 0.3 is 0 Å². The highest BCUT2D eigenvalue weighted by Gasteiger charge is 2.24. The van der Waals surface area contributed by atoms with E-state index in [-0.39, 0.29) is 17.8 Å². The fourth-order valence-electron chi connectivity index (χ4n) is 4.94. The number of halogens is 2. The van der Waals surface area contributed by atoms with E-state index in [1.165, 1.54) is 25.3 Å². The van der Waals surface area contributed by atoms with Gasteiger partial charge in [0.1, 0.15) is 11.6 Å². The topological polar surface area (TPSA) is 66.0 Å². The second-order valence-corrected chi connectivity index (χ2v) is 10.3. The number of piperidine rings is 1. The van der Waals surface area contributed by atoms with Gasteiger partial charge in [0, 0.05) is 34.2 Å². The summed E-state index contributed by atoms with van der Waals surface area (Å²) in [4.78, 5) is 20.1. The van der Waals surface area contributed by atoms with Gasteiger partial charge in [-0.05, 0) is 81.5 Å². The zero-order valence-electron chi connectivity index (χ0n) is 20.4. The smallest absolute Gasteiger partial charge is 0.258 e. The summed E-state index contributed by atoms with van der Waals surface area (Å²) in [6, 6.07) is 11.2. The van der Waals surface area contributed by atoms with Gasteiger partial charge in [0.2, 0.25) is 0 Å². The van der Waals surface area contributed by atoms with Crippen LogP contribution in [0, 0.1) is 5.82 Å². The number of nitrogens with zero attached hydrogens (tertiary/aromatic N) is 2. The number of amides is 1. The number of rotatable bonds is 8. The molecular formula is C27H34BrFN4O2. The van der Waals surface area contributed by atoms with Crippen LogP contribution in [0.1, 0.15) is 54.1 Å². The molecule has 35 heavy (non-hydrogen) atoms. The molecule has 4 rings (SSSR count). The number of aliphatic imine (C=N–C) groups is 1. The molecule has 6 nitrogen and oxygen atoms in total. The first-order valence-electron chi connectivity index (χ1n) is 12.4. The quantitative estimate of drug-likeness (QED) is 0.505. The second-order valence-electron chi connectivity index (χ2n) is 9.38. The molecule has 0 aromatic heterocycles. The number of ether oxygens (including phenoxy) is 1. The number of carbonyl (C=O) groups is 1. The van der Waals surface area contributed by atoms with Crippen LogP contribution in [0.25, 0.3) is 0 Å². The highest BCUT2D eigenvalue weighted by Crippen LogP contribution is 2.26. The molecule has 0 saturated carbocycles. The first-order chi connectivity index (χ1) is 16.9. The normalized spacial score (nSPS) is 20.3. The molecule has 2 heterocycles. The summed E-state index contributed by atoms with van der Waals surface area (Å²) >= 11 is 3.48. The molecule has 2 atom stereocenters. The van der Waals surface area contributed by atoms with Crippen LogP contribution in [0.2, 0.25) is 0 Å². The molecule has 8 heteroatoms. The average molecular weight is 545 g/mol. The Morgan fingerprint density at radius 1 is 1.29 bits per heavy atom. The number of guanidine groups is 1. The van der Waals surface area contributed by atoms with Crippen molar-refractivity contribution in [2.45, 2.75) is 57.5 Å². The van der Waals surface area contributed by atoms with E-state index in [1.807, 2.05) is 18.2 Å². The second kappa shape index (κ2) is 12.0. The van der Waals surface area contributed by atoms with E-state index in [1.54, 1.807) is 19.2 Å². The van der Waals surface area contributed by atoms with Gasteiger partial charge in [-0.2, -0.15) is 0 Å². The van der Waals surface area contributed by atoms with Crippen LogP contribution < -0.4 is 15.4 Å². The SMILES string of the molecule is COc1ccc(Br)cc1CCc1c(F)cccc1C(=O)NC1=NCC(CCN2CCCCC2C)N1. The Labute approximate surface area is 215 Å². The maximum Gasteiger partial charge on any atom is 0.258 e. The molecule has 2 aliphatic heterocycles. The highest BCUT2D eigenvalue weighted by atomic mass is 79.9. The number of nitrogens with one attached hydrogen (secondary N) is 2. The molecule has 1 fully saturated rings. The van der Waals surface area contributed by atoms with Crippen molar-refractivity contribution >= 4 is 27.8 Å². The van der Waals surface area contributed by atoms with Crippen LogP contribution in [0.3, 0.4) is 0 Å². The molecule has 0 aliphatic carbocycles. The molecule has 0 radical (unpaired) electrons. The van der Waals surface area contributed by atoms with E-state index < -0.39 is 0 Å². The van der Waals surface area contributed by atoms with Crippen molar-refractivity contribution in [2.24, 2.45) is 4.99 Å². The van der Waals surface area contributed by atoms with Crippen molar-refractivity contribution in [1.82, 2.24) is 15.5 Å². The van der Waals surface area contributed by atoms with Gasteiger partial charge < -0.3 is 15.0 Å².